The van der Waals surface area contributed by atoms with E-state index in [9.17, 15) is 0 Å². The lowest BCUT2D eigenvalue weighted by Gasteiger charge is -2.47. The minimum Gasteiger partial charge on any atom is -0.369 e. The van der Waals surface area contributed by atoms with Gasteiger partial charge in [0.1, 0.15) is 0 Å². The zero-order valence-corrected chi connectivity index (χ0v) is 13.0. The highest BCUT2D eigenvalue weighted by Gasteiger charge is 2.55. The van der Waals surface area contributed by atoms with Gasteiger partial charge in [-0.15, -0.1) is 0 Å². The predicted octanol–water partition coefficient (Wildman–Crippen LogP) is 3.73. The summed E-state index contributed by atoms with van der Waals surface area (Å²) in [6, 6.07) is 0. The molecule has 0 amide bonds. The van der Waals surface area contributed by atoms with E-state index in [-0.39, 0.29) is 16.7 Å². The van der Waals surface area contributed by atoms with Crippen molar-refractivity contribution in [1.29, 1.82) is 0 Å². The van der Waals surface area contributed by atoms with Gasteiger partial charge in [0.2, 0.25) is 0 Å². The zero-order chi connectivity index (χ0) is 13.8. The van der Waals surface area contributed by atoms with Crippen LogP contribution in [0.5, 0.6) is 0 Å². The van der Waals surface area contributed by atoms with Crippen molar-refractivity contribution in [2.45, 2.75) is 84.0 Å². The molecule has 0 radical (unpaired) electrons. The molecule has 0 aromatic heterocycles. The molecule has 106 valence electrons. The quantitative estimate of drug-likeness (QED) is 0.772. The van der Waals surface area contributed by atoms with E-state index >= 15 is 0 Å². The molecule has 1 saturated heterocycles. The molecule has 2 nitrogen and oxygen atoms in total. The summed E-state index contributed by atoms with van der Waals surface area (Å²) in [6.45, 7) is 13.6. The van der Waals surface area contributed by atoms with Crippen LogP contribution < -0.4 is 5.73 Å². The van der Waals surface area contributed by atoms with Crippen LogP contribution in [0.15, 0.2) is 0 Å². The number of hydrogen-bond donors (Lipinski definition) is 1. The molecule has 4 atom stereocenters. The first-order valence-electron chi connectivity index (χ1n) is 7.55. The van der Waals surface area contributed by atoms with Crippen LogP contribution in [0.25, 0.3) is 0 Å². The van der Waals surface area contributed by atoms with E-state index in [1.807, 2.05) is 0 Å². The van der Waals surface area contributed by atoms with Crippen molar-refractivity contribution in [2.75, 3.05) is 0 Å². The average Bonchev–Trinajstić information content (AvgIpc) is 2.42. The smallest absolute Gasteiger partial charge is 0.0680 e. The monoisotopic (exact) mass is 253 g/mol. The molecule has 1 aliphatic heterocycles. The molecule has 2 heteroatoms. The van der Waals surface area contributed by atoms with Gasteiger partial charge in [-0.2, -0.15) is 0 Å². The van der Waals surface area contributed by atoms with Crippen LogP contribution in [0.3, 0.4) is 0 Å². The standard InChI is InChI=1S/C16H31NO/c1-11-7-8-16(17,9-12(11)2)13-10-14(3,4)18-15(13,5)6/h11-13H,7-10,17H2,1-6H3. The van der Waals surface area contributed by atoms with Crippen molar-refractivity contribution in [2.24, 2.45) is 23.5 Å². The molecule has 1 heterocycles. The Morgan fingerprint density at radius 2 is 1.61 bits per heavy atom. The Labute approximate surface area is 113 Å². The average molecular weight is 253 g/mol. The van der Waals surface area contributed by atoms with Crippen LogP contribution in [0, 0.1) is 17.8 Å². The fraction of sp³-hybridized carbons (Fsp3) is 1.00. The van der Waals surface area contributed by atoms with Crippen LogP contribution in [0.2, 0.25) is 0 Å². The summed E-state index contributed by atoms with van der Waals surface area (Å²) in [4.78, 5) is 0. The maximum atomic E-state index is 6.83. The third-order valence-corrected chi connectivity index (χ3v) is 5.51. The summed E-state index contributed by atoms with van der Waals surface area (Å²) in [5.74, 6) is 2.04. The Bertz CT molecular complexity index is 323. The van der Waals surface area contributed by atoms with E-state index in [4.69, 9.17) is 10.5 Å². The van der Waals surface area contributed by atoms with E-state index in [0.29, 0.717) is 5.92 Å². The van der Waals surface area contributed by atoms with Gasteiger partial charge in [-0.25, -0.2) is 0 Å². The van der Waals surface area contributed by atoms with Gasteiger partial charge in [-0.05, 0) is 65.2 Å². The lowest BCUT2D eigenvalue weighted by atomic mass is 9.62. The van der Waals surface area contributed by atoms with Gasteiger partial charge in [-0.3, -0.25) is 0 Å². The third-order valence-electron chi connectivity index (χ3n) is 5.51. The van der Waals surface area contributed by atoms with Crippen molar-refractivity contribution in [3.63, 3.8) is 0 Å². The van der Waals surface area contributed by atoms with Crippen molar-refractivity contribution in [1.82, 2.24) is 0 Å². The summed E-state index contributed by atoms with van der Waals surface area (Å²) in [7, 11) is 0. The molecule has 1 aliphatic carbocycles. The molecule has 0 aromatic carbocycles. The highest BCUT2D eigenvalue weighted by molar-refractivity contribution is 5.08. The van der Waals surface area contributed by atoms with E-state index in [2.05, 4.69) is 41.5 Å². The maximum absolute atomic E-state index is 6.83. The first-order valence-corrected chi connectivity index (χ1v) is 7.55. The van der Waals surface area contributed by atoms with Gasteiger partial charge in [0.15, 0.2) is 0 Å². The second kappa shape index (κ2) is 4.21. The second-order valence-corrected chi connectivity index (χ2v) is 8.15. The summed E-state index contributed by atoms with van der Waals surface area (Å²) in [5.41, 5.74) is 6.70. The second-order valence-electron chi connectivity index (χ2n) is 8.15. The maximum Gasteiger partial charge on any atom is 0.0680 e. The molecule has 2 aliphatic rings. The van der Waals surface area contributed by atoms with Gasteiger partial charge in [0.25, 0.3) is 0 Å². The Kier molecular flexibility index (Phi) is 3.35. The molecule has 1 saturated carbocycles. The fourth-order valence-electron chi connectivity index (χ4n) is 4.46. The Morgan fingerprint density at radius 3 is 2.06 bits per heavy atom. The first-order chi connectivity index (χ1) is 8.06. The van der Waals surface area contributed by atoms with Gasteiger partial charge < -0.3 is 10.5 Å². The molecule has 0 bridgehead atoms. The SMILES string of the molecule is CC1CCC(N)(C2CC(C)(C)OC2(C)C)CC1C. The van der Waals surface area contributed by atoms with Gasteiger partial charge in [0.05, 0.1) is 11.2 Å². The summed E-state index contributed by atoms with van der Waals surface area (Å²) >= 11 is 0. The van der Waals surface area contributed by atoms with E-state index < -0.39 is 0 Å². The van der Waals surface area contributed by atoms with Crippen LogP contribution in [-0.2, 0) is 4.74 Å². The fourth-order valence-corrected chi connectivity index (χ4v) is 4.46. The van der Waals surface area contributed by atoms with E-state index in [1.54, 1.807) is 0 Å². The summed E-state index contributed by atoms with van der Waals surface area (Å²) in [6.07, 6.45) is 4.68. The van der Waals surface area contributed by atoms with Crippen LogP contribution in [0.1, 0.15) is 67.2 Å². The number of rotatable bonds is 1. The molecule has 2 fully saturated rings. The molecule has 18 heavy (non-hydrogen) atoms. The van der Waals surface area contributed by atoms with Crippen molar-refractivity contribution in [3.05, 3.63) is 0 Å². The lowest BCUT2D eigenvalue weighted by Crippen LogP contribution is -2.56. The topological polar surface area (TPSA) is 35.2 Å². The highest BCUT2D eigenvalue weighted by Crippen LogP contribution is 2.51. The summed E-state index contributed by atoms with van der Waals surface area (Å²) < 4.78 is 6.25. The minimum atomic E-state index is -0.0848. The number of nitrogens with two attached hydrogens (primary N) is 1. The molecule has 2 rings (SSSR count). The normalized spacial score (nSPS) is 47.2. The zero-order valence-electron chi connectivity index (χ0n) is 13.0. The van der Waals surface area contributed by atoms with Crippen molar-refractivity contribution in [3.8, 4) is 0 Å². The van der Waals surface area contributed by atoms with E-state index in [1.165, 1.54) is 6.42 Å². The van der Waals surface area contributed by atoms with Crippen LogP contribution >= 0.6 is 0 Å². The molecular weight excluding hydrogens is 222 g/mol. The van der Waals surface area contributed by atoms with Gasteiger partial charge in [-0.1, -0.05) is 13.8 Å². The van der Waals surface area contributed by atoms with E-state index in [0.717, 1.165) is 31.1 Å². The van der Waals surface area contributed by atoms with Crippen molar-refractivity contribution < 1.29 is 4.74 Å². The highest BCUT2D eigenvalue weighted by atomic mass is 16.5. The van der Waals surface area contributed by atoms with Crippen molar-refractivity contribution >= 4 is 0 Å². The molecule has 0 spiro atoms. The summed E-state index contributed by atoms with van der Waals surface area (Å²) in [5, 5.41) is 0. The molecule has 0 aromatic rings. The lowest BCUT2D eigenvalue weighted by molar-refractivity contribution is -0.0860. The Balaban J connectivity index is 2.20. The molecule has 4 unspecified atom stereocenters. The Hall–Kier alpha value is -0.0800. The van der Waals surface area contributed by atoms with Gasteiger partial charge >= 0.3 is 0 Å². The number of hydrogen-bond acceptors (Lipinski definition) is 2. The predicted molar refractivity (Wildman–Crippen MR) is 76.4 cm³/mol. The number of ether oxygens (including phenoxy) is 1. The third kappa shape index (κ3) is 2.46. The first kappa shape index (κ1) is 14.3. The van der Waals surface area contributed by atoms with Crippen LogP contribution in [0.4, 0.5) is 0 Å². The largest absolute Gasteiger partial charge is 0.369 e. The van der Waals surface area contributed by atoms with Crippen LogP contribution in [-0.4, -0.2) is 16.7 Å². The molecular formula is C16H31NO. The molecule has 2 N–H and O–H groups in total. The van der Waals surface area contributed by atoms with Gasteiger partial charge in [0, 0.05) is 11.5 Å². The Morgan fingerprint density at radius 1 is 1.00 bits per heavy atom. The minimum absolute atomic E-state index is 0.0210.